The number of nitrogens with one attached hydrogen (secondary N) is 1. The van der Waals surface area contributed by atoms with Crippen molar-refractivity contribution in [2.45, 2.75) is 19.3 Å². The minimum atomic E-state index is 0.167. The molecule has 6 nitrogen and oxygen atoms in total. The molecule has 1 aromatic heterocycles. The highest BCUT2D eigenvalue weighted by molar-refractivity contribution is 5.80. The Morgan fingerprint density at radius 2 is 2.43 bits per heavy atom. The van der Waals surface area contributed by atoms with Gasteiger partial charge in [-0.2, -0.15) is 0 Å². The van der Waals surface area contributed by atoms with Gasteiger partial charge in [0, 0.05) is 25.9 Å². The van der Waals surface area contributed by atoms with Gasteiger partial charge < -0.3 is 5.32 Å². The third-order valence-corrected chi connectivity index (χ3v) is 2.30. The Labute approximate surface area is 81.7 Å². The van der Waals surface area contributed by atoms with Crippen molar-refractivity contribution < 1.29 is 4.79 Å². The Morgan fingerprint density at radius 3 is 3.00 bits per heavy atom. The first-order valence-corrected chi connectivity index (χ1v) is 4.76. The minimum Gasteiger partial charge on any atom is -0.355 e. The third kappa shape index (κ3) is 2.07. The van der Waals surface area contributed by atoms with Crippen LogP contribution in [0.1, 0.15) is 18.7 Å². The molecule has 0 radical (unpaired) electrons. The fourth-order valence-electron chi connectivity index (χ4n) is 1.25. The van der Waals surface area contributed by atoms with Gasteiger partial charge in [0.2, 0.25) is 5.91 Å². The van der Waals surface area contributed by atoms with E-state index in [1.807, 2.05) is 0 Å². The lowest BCUT2D eigenvalue weighted by molar-refractivity contribution is -0.122. The summed E-state index contributed by atoms with van der Waals surface area (Å²) in [6, 6.07) is 0. The molecule has 76 valence electrons. The lowest BCUT2D eigenvalue weighted by Gasteiger charge is -2.02. The smallest absolute Gasteiger partial charge is 0.223 e. The third-order valence-electron chi connectivity index (χ3n) is 2.30. The summed E-state index contributed by atoms with van der Waals surface area (Å²) in [6.45, 7) is 0.615. The lowest BCUT2D eigenvalue weighted by atomic mass is 10.3. The molecule has 0 aromatic carbocycles. The molecule has 1 fully saturated rings. The summed E-state index contributed by atoms with van der Waals surface area (Å²) in [6.07, 6.45) is 2.76. The minimum absolute atomic E-state index is 0.167. The summed E-state index contributed by atoms with van der Waals surface area (Å²) in [4.78, 5) is 11.2. The molecule has 0 bridgehead atoms. The molecule has 0 spiro atoms. The van der Waals surface area contributed by atoms with Gasteiger partial charge in [-0.05, 0) is 23.3 Å². The van der Waals surface area contributed by atoms with E-state index in [1.165, 1.54) is 0 Å². The molecule has 0 unspecified atom stereocenters. The molecule has 1 heterocycles. The maximum Gasteiger partial charge on any atom is 0.223 e. The molecule has 1 amide bonds. The summed E-state index contributed by atoms with van der Waals surface area (Å²) in [5.41, 5.74) is 0. The average Bonchev–Trinajstić information content (AvgIpc) is 2.93. The van der Waals surface area contributed by atoms with Crippen molar-refractivity contribution in [3.8, 4) is 0 Å². The van der Waals surface area contributed by atoms with Gasteiger partial charge in [-0.3, -0.25) is 4.79 Å². The molecule has 1 aliphatic rings. The first-order chi connectivity index (χ1) is 6.77. The maximum absolute atomic E-state index is 11.2. The van der Waals surface area contributed by atoms with Crippen LogP contribution in [0.25, 0.3) is 0 Å². The van der Waals surface area contributed by atoms with Crippen LogP contribution in [-0.2, 0) is 18.3 Å². The van der Waals surface area contributed by atoms with Gasteiger partial charge in [0.15, 0.2) is 5.82 Å². The Morgan fingerprint density at radius 1 is 1.64 bits per heavy atom. The quantitative estimate of drug-likeness (QED) is 0.688. The van der Waals surface area contributed by atoms with Gasteiger partial charge in [0.05, 0.1) is 0 Å². The van der Waals surface area contributed by atoms with E-state index in [4.69, 9.17) is 0 Å². The zero-order chi connectivity index (χ0) is 9.97. The van der Waals surface area contributed by atoms with Crippen LogP contribution >= 0.6 is 0 Å². The Hall–Kier alpha value is -1.46. The van der Waals surface area contributed by atoms with Crippen LogP contribution < -0.4 is 5.32 Å². The van der Waals surface area contributed by atoms with Crippen molar-refractivity contribution in [3.63, 3.8) is 0 Å². The van der Waals surface area contributed by atoms with E-state index < -0.39 is 0 Å². The molecule has 1 saturated carbocycles. The Balaban J connectivity index is 1.72. The van der Waals surface area contributed by atoms with Crippen LogP contribution in [0.3, 0.4) is 0 Å². The predicted octanol–water partition coefficient (Wildman–Crippen LogP) is -0.721. The second kappa shape index (κ2) is 3.73. The highest BCUT2D eigenvalue weighted by Crippen LogP contribution is 2.28. The molecule has 0 aliphatic heterocycles. The van der Waals surface area contributed by atoms with Gasteiger partial charge in [0.1, 0.15) is 0 Å². The molecule has 1 aromatic rings. The van der Waals surface area contributed by atoms with Crippen molar-refractivity contribution in [1.29, 1.82) is 0 Å². The fraction of sp³-hybridized carbons (Fsp3) is 0.750. The van der Waals surface area contributed by atoms with Gasteiger partial charge in [-0.1, -0.05) is 0 Å². The summed E-state index contributed by atoms with van der Waals surface area (Å²) < 4.78 is 1.61. The number of nitrogens with zero attached hydrogens (tertiary/aromatic N) is 4. The molecule has 1 N–H and O–H groups in total. The molecule has 6 heteroatoms. The molecule has 0 atom stereocenters. The molecular weight excluding hydrogens is 182 g/mol. The zero-order valence-electron chi connectivity index (χ0n) is 8.10. The topological polar surface area (TPSA) is 72.7 Å². The standard InChI is InChI=1S/C8H13N5O/c1-13-7(10-11-12-13)4-5-9-8(14)6-2-3-6/h6H,2-5H2,1H3,(H,9,14). The second-order valence-corrected chi connectivity index (χ2v) is 3.53. The Bertz CT molecular complexity index is 330. The molecule has 2 rings (SSSR count). The predicted molar refractivity (Wildman–Crippen MR) is 48.2 cm³/mol. The number of rotatable bonds is 4. The van der Waals surface area contributed by atoms with E-state index in [-0.39, 0.29) is 11.8 Å². The normalized spacial score (nSPS) is 15.5. The van der Waals surface area contributed by atoms with E-state index in [9.17, 15) is 4.79 Å². The number of hydrogen-bond acceptors (Lipinski definition) is 4. The molecule has 0 saturated heterocycles. The molecule has 14 heavy (non-hydrogen) atoms. The second-order valence-electron chi connectivity index (χ2n) is 3.53. The van der Waals surface area contributed by atoms with Crippen LogP contribution in [0.2, 0.25) is 0 Å². The zero-order valence-corrected chi connectivity index (χ0v) is 8.10. The van der Waals surface area contributed by atoms with Crippen LogP contribution in [0.15, 0.2) is 0 Å². The maximum atomic E-state index is 11.2. The van der Waals surface area contributed by atoms with Crippen molar-refractivity contribution in [1.82, 2.24) is 25.5 Å². The summed E-state index contributed by atoms with van der Waals surface area (Å²) >= 11 is 0. The Kier molecular flexibility index (Phi) is 2.43. The molecule has 1 aliphatic carbocycles. The highest BCUT2D eigenvalue weighted by Gasteiger charge is 2.29. The molecular formula is C8H13N5O. The number of carbonyl (C=O) groups excluding carboxylic acids is 1. The monoisotopic (exact) mass is 195 g/mol. The highest BCUT2D eigenvalue weighted by atomic mass is 16.2. The summed E-state index contributed by atoms with van der Waals surface area (Å²) in [5.74, 6) is 1.23. The lowest BCUT2D eigenvalue weighted by Crippen LogP contribution is -2.27. The van der Waals surface area contributed by atoms with Crippen molar-refractivity contribution >= 4 is 5.91 Å². The fourth-order valence-corrected chi connectivity index (χ4v) is 1.25. The van der Waals surface area contributed by atoms with Crippen LogP contribution in [-0.4, -0.2) is 32.7 Å². The number of aromatic nitrogens is 4. The number of amides is 1. The number of tetrazole rings is 1. The number of carbonyl (C=O) groups is 1. The first-order valence-electron chi connectivity index (χ1n) is 4.76. The largest absolute Gasteiger partial charge is 0.355 e. The van der Waals surface area contributed by atoms with Gasteiger partial charge in [-0.15, -0.1) is 5.10 Å². The van der Waals surface area contributed by atoms with E-state index in [1.54, 1.807) is 11.7 Å². The van der Waals surface area contributed by atoms with E-state index >= 15 is 0 Å². The van der Waals surface area contributed by atoms with Crippen molar-refractivity contribution in [2.75, 3.05) is 6.54 Å². The van der Waals surface area contributed by atoms with E-state index in [2.05, 4.69) is 20.8 Å². The van der Waals surface area contributed by atoms with Crippen LogP contribution in [0.4, 0.5) is 0 Å². The van der Waals surface area contributed by atoms with Crippen molar-refractivity contribution in [3.05, 3.63) is 5.82 Å². The van der Waals surface area contributed by atoms with Crippen LogP contribution in [0, 0.1) is 5.92 Å². The first kappa shape index (κ1) is 9.11. The van der Waals surface area contributed by atoms with E-state index in [0.717, 1.165) is 18.7 Å². The number of hydrogen-bond donors (Lipinski definition) is 1. The van der Waals surface area contributed by atoms with Crippen molar-refractivity contribution in [2.24, 2.45) is 13.0 Å². The van der Waals surface area contributed by atoms with Gasteiger partial charge in [0.25, 0.3) is 0 Å². The summed E-state index contributed by atoms with van der Waals surface area (Å²) in [7, 11) is 1.79. The average molecular weight is 195 g/mol. The number of aryl methyl sites for hydroxylation is 1. The van der Waals surface area contributed by atoms with Gasteiger partial charge in [-0.25, -0.2) is 4.68 Å². The van der Waals surface area contributed by atoms with Crippen LogP contribution in [0.5, 0.6) is 0 Å². The summed E-state index contributed by atoms with van der Waals surface area (Å²) in [5, 5.41) is 13.9. The SMILES string of the molecule is Cn1nnnc1CCNC(=O)C1CC1. The van der Waals surface area contributed by atoms with Gasteiger partial charge >= 0.3 is 0 Å². The van der Waals surface area contributed by atoms with E-state index in [0.29, 0.717) is 13.0 Å².